The van der Waals surface area contributed by atoms with Crippen LogP contribution in [-0.2, 0) is 15.1 Å². The van der Waals surface area contributed by atoms with Crippen LogP contribution in [0.2, 0.25) is 0 Å². The molecule has 0 bridgehead atoms. The van der Waals surface area contributed by atoms with Gasteiger partial charge in [-0.3, -0.25) is 0 Å². The van der Waals surface area contributed by atoms with Gasteiger partial charge in [0.25, 0.3) is 0 Å². The monoisotopic (exact) mass is 349 g/mol. The highest BCUT2D eigenvalue weighted by molar-refractivity contribution is 9.10. The fraction of sp³-hybridized carbons (Fsp3) is 0.188. The number of phenolic OH excluding ortho intramolecular Hbond substituents is 1. The summed E-state index contributed by atoms with van der Waals surface area (Å²) in [5, 5.41) is 12.6. The molecule has 0 saturated carbocycles. The zero-order chi connectivity index (χ0) is 15.5. The SMILES string of the molecule is COC(=O)C(C)(Nc1ccc(Br)cc1)c1ccc(O)cc1. The van der Waals surface area contributed by atoms with Gasteiger partial charge in [-0.1, -0.05) is 28.1 Å². The maximum Gasteiger partial charge on any atom is 0.335 e. The lowest BCUT2D eigenvalue weighted by Crippen LogP contribution is -2.41. The van der Waals surface area contributed by atoms with Crippen LogP contribution in [0.3, 0.4) is 0 Å². The summed E-state index contributed by atoms with van der Waals surface area (Å²) in [5.41, 5.74) is 0.449. The van der Waals surface area contributed by atoms with Crippen LogP contribution in [0.1, 0.15) is 12.5 Å². The van der Waals surface area contributed by atoms with Crippen molar-refractivity contribution in [2.24, 2.45) is 0 Å². The number of anilines is 1. The van der Waals surface area contributed by atoms with Gasteiger partial charge in [-0.05, 0) is 48.9 Å². The van der Waals surface area contributed by atoms with Gasteiger partial charge in [-0.15, -0.1) is 0 Å². The number of methoxy groups -OCH3 is 1. The van der Waals surface area contributed by atoms with Gasteiger partial charge >= 0.3 is 5.97 Å². The Morgan fingerprint density at radius 3 is 2.24 bits per heavy atom. The number of esters is 1. The van der Waals surface area contributed by atoms with Crippen molar-refractivity contribution in [1.29, 1.82) is 0 Å². The van der Waals surface area contributed by atoms with Crippen molar-refractivity contribution >= 4 is 27.6 Å². The van der Waals surface area contributed by atoms with Crippen LogP contribution in [-0.4, -0.2) is 18.2 Å². The van der Waals surface area contributed by atoms with Crippen molar-refractivity contribution in [2.75, 3.05) is 12.4 Å². The number of phenols is 1. The Labute approximate surface area is 131 Å². The normalized spacial score (nSPS) is 13.3. The Balaban J connectivity index is 2.39. The van der Waals surface area contributed by atoms with E-state index < -0.39 is 11.5 Å². The van der Waals surface area contributed by atoms with Crippen molar-refractivity contribution in [3.63, 3.8) is 0 Å². The van der Waals surface area contributed by atoms with E-state index >= 15 is 0 Å². The van der Waals surface area contributed by atoms with Crippen LogP contribution < -0.4 is 5.32 Å². The second kappa shape index (κ2) is 6.18. The smallest absolute Gasteiger partial charge is 0.335 e. The largest absolute Gasteiger partial charge is 0.508 e. The standard InChI is InChI=1S/C16H16BrNO3/c1-16(15(20)21-2,11-3-9-14(19)10-4-11)18-13-7-5-12(17)6-8-13/h3-10,18-19H,1-2H3. The first-order chi connectivity index (χ1) is 9.95. The third-order valence-corrected chi connectivity index (χ3v) is 3.81. The van der Waals surface area contributed by atoms with Gasteiger partial charge in [0.2, 0.25) is 0 Å². The highest BCUT2D eigenvalue weighted by Crippen LogP contribution is 2.29. The first-order valence-corrected chi connectivity index (χ1v) is 7.16. The molecule has 2 rings (SSSR count). The number of rotatable bonds is 4. The van der Waals surface area contributed by atoms with Crippen molar-refractivity contribution in [1.82, 2.24) is 0 Å². The summed E-state index contributed by atoms with van der Waals surface area (Å²) in [6.07, 6.45) is 0. The van der Waals surface area contributed by atoms with E-state index in [1.54, 1.807) is 31.2 Å². The highest BCUT2D eigenvalue weighted by atomic mass is 79.9. The maximum absolute atomic E-state index is 12.2. The number of nitrogens with one attached hydrogen (secondary N) is 1. The fourth-order valence-electron chi connectivity index (χ4n) is 2.06. The molecular weight excluding hydrogens is 334 g/mol. The first-order valence-electron chi connectivity index (χ1n) is 6.37. The van der Waals surface area contributed by atoms with Gasteiger partial charge in [-0.25, -0.2) is 4.79 Å². The summed E-state index contributed by atoms with van der Waals surface area (Å²) in [5.74, 6) is -0.259. The minimum atomic E-state index is -1.05. The van der Waals surface area contributed by atoms with Crippen molar-refractivity contribution in [2.45, 2.75) is 12.5 Å². The summed E-state index contributed by atoms with van der Waals surface area (Å²) in [7, 11) is 1.35. The van der Waals surface area contributed by atoms with Gasteiger partial charge in [0, 0.05) is 10.2 Å². The van der Waals surface area contributed by atoms with Gasteiger partial charge in [0.15, 0.2) is 5.54 Å². The van der Waals surface area contributed by atoms with Gasteiger partial charge in [-0.2, -0.15) is 0 Å². The molecule has 21 heavy (non-hydrogen) atoms. The van der Waals surface area contributed by atoms with E-state index in [1.165, 1.54) is 7.11 Å². The average Bonchev–Trinajstić information content (AvgIpc) is 2.49. The summed E-state index contributed by atoms with van der Waals surface area (Å²) in [6, 6.07) is 14.0. The molecule has 0 heterocycles. The Hall–Kier alpha value is -2.01. The topological polar surface area (TPSA) is 58.6 Å². The molecule has 1 unspecified atom stereocenters. The van der Waals surface area contributed by atoms with E-state index in [4.69, 9.17) is 4.74 Å². The van der Waals surface area contributed by atoms with Gasteiger partial charge < -0.3 is 15.2 Å². The lowest BCUT2D eigenvalue weighted by Gasteiger charge is -2.29. The predicted molar refractivity (Wildman–Crippen MR) is 85.2 cm³/mol. The lowest BCUT2D eigenvalue weighted by molar-refractivity contribution is -0.145. The van der Waals surface area contributed by atoms with E-state index in [0.717, 1.165) is 10.2 Å². The highest BCUT2D eigenvalue weighted by Gasteiger charge is 2.36. The molecule has 0 aromatic heterocycles. The Bertz CT molecular complexity index is 625. The molecule has 0 aliphatic carbocycles. The van der Waals surface area contributed by atoms with Gasteiger partial charge in [0.05, 0.1) is 7.11 Å². The summed E-state index contributed by atoms with van der Waals surface area (Å²) in [6.45, 7) is 1.74. The number of hydrogen-bond acceptors (Lipinski definition) is 4. The zero-order valence-corrected chi connectivity index (χ0v) is 13.3. The van der Waals surface area contributed by atoms with Crippen molar-refractivity contribution < 1.29 is 14.6 Å². The number of ether oxygens (including phenoxy) is 1. The van der Waals surface area contributed by atoms with Crippen LogP contribution in [0.4, 0.5) is 5.69 Å². The molecule has 2 aromatic rings. The molecule has 2 N–H and O–H groups in total. The molecule has 110 valence electrons. The van der Waals surface area contributed by atoms with Crippen LogP contribution in [0.15, 0.2) is 53.0 Å². The third kappa shape index (κ3) is 3.36. The lowest BCUT2D eigenvalue weighted by atomic mass is 9.91. The molecule has 2 aromatic carbocycles. The molecule has 0 amide bonds. The van der Waals surface area contributed by atoms with Gasteiger partial charge in [0.1, 0.15) is 5.75 Å². The number of hydrogen-bond donors (Lipinski definition) is 2. The minimum Gasteiger partial charge on any atom is -0.508 e. The first kappa shape index (κ1) is 15.4. The Morgan fingerprint density at radius 1 is 1.14 bits per heavy atom. The molecule has 1 atom stereocenters. The molecule has 5 heteroatoms. The second-order valence-corrected chi connectivity index (χ2v) is 5.71. The summed E-state index contributed by atoms with van der Waals surface area (Å²) in [4.78, 5) is 12.2. The Kier molecular flexibility index (Phi) is 4.53. The van der Waals surface area contributed by atoms with Crippen LogP contribution in [0, 0.1) is 0 Å². The van der Waals surface area contributed by atoms with E-state index in [9.17, 15) is 9.90 Å². The number of carbonyl (C=O) groups is 1. The summed E-state index contributed by atoms with van der Waals surface area (Å²) < 4.78 is 5.88. The fourth-order valence-corrected chi connectivity index (χ4v) is 2.33. The molecular formula is C16H16BrNO3. The van der Waals surface area contributed by atoms with Crippen LogP contribution >= 0.6 is 15.9 Å². The quantitative estimate of drug-likeness (QED) is 0.827. The third-order valence-electron chi connectivity index (χ3n) is 3.28. The predicted octanol–water partition coefficient (Wildman–Crippen LogP) is 3.66. The van der Waals surface area contributed by atoms with Crippen LogP contribution in [0.25, 0.3) is 0 Å². The maximum atomic E-state index is 12.2. The molecule has 0 aliphatic rings. The van der Waals surface area contributed by atoms with Crippen LogP contribution in [0.5, 0.6) is 5.75 Å². The molecule has 0 aliphatic heterocycles. The number of halogens is 1. The van der Waals surface area contributed by atoms with E-state index in [1.807, 2.05) is 24.3 Å². The number of aromatic hydroxyl groups is 1. The summed E-state index contributed by atoms with van der Waals surface area (Å²) >= 11 is 3.37. The molecule has 0 saturated heterocycles. The average molecular weight is 350 g/mol. The molecule has 4 nitrogen and oxygen atoms in total. The minimum absolute atomic E-state index is 0.148. The zero-order valence-electron chi connectivity index (χ0n) is 11.8. The molecule has 0 radical (unpaired) electrons. The second-order valence-electron chi connectivity index (χ2n) is 4.80. The Morgan fingerprint density at radius 2 is 1.71 bits per heavy atom. The molecule has 0 spiro atoms. The van der Waals surface area contributed by atoms with Crippen molar-refractivity contribution in [3.8, 4) is 5.75 Å². The number of carbonyl (C=O) groups excluding carboxylic acids is 1. The van der Waals surface area contributed by atoms with E-state index in [0.29, 0.717) is 5.56 Å². The van der Waals surface area contributed by atoms with E-state index in [2.05, 4.69) is 21.2 Å². The number of benzene rings is 2. The van der Waals surface area contributed by atoms with E-state index in [-0.39, 0.29) is 5.75 Å². The van der Waals surface area contributed by atoms with Crippen molar-refractivity contribution in [3.05, 3.63) is 58.6 Å². The molecule has 0 fully saturated rings.